The maximum atomic E-state index is 13.0. The van der Waals surface area contributed by atoms with E-state index in [9.17, 15) is 9.59 Å². The molecule has 0 N–H and O–H groups in total. The van der Waals surface area contributed by atoms with E-state index >= 15 is 0 Å². The molecule has 5 heteroatoms. The summed E-state index contributed by atoms with van der Waals surface area (Å²) in [7, 11) is 0. The summed E-state index contributed by atoms with van der Waals surface area (Å²) in [5.74, 6) is 0.544. The highest BCUT2D eigenvalue weighted by atomic mass is 16.6. The summed E-state index contributed by atoms with van der Waals surface area (Å²) in [6.07, 6.45) is 2.95. The third-order valence-electron chi connectivity index (χ3n) is 5.37. The van der Waals surface area contributed by atoms with Crippen molar-refractivity contribution in [2.45, 2.75) is 78.5 Å². The van der Waals surface area contributed by atoms with Gasteiger partial charge in [-0.3, -0.25) is 4.79 Å². The molecule has 1 unspecified atom stereocenters. The zero-order chi connectivity index (χ0) is 20.7. The van der Waals surface area contributed by atoms with Crippen LogP contribution in [-0.2, 0) is 16.1 Å². The first-order valence-corrected chi connectivity index (χ1v) is 10.5. The minimum Gasteiger partial charge on any atom is -0.444 e. The number of carbonyl (C=O) groups excluding carboxylic acids is 2. The molecule has 0 bridgehead atoms. The van der Waals surface area contributed by atoms with E-state index in [2.05, 4.69) is 26.0 Å². The third kappa shape index (κ3) is 6.84. The van der Waals surface area contributed by atoms with E-state index in [4.69, 9.17) is 4.74 Å². The Morgan fingerprint density at radius 1 is 1.18 bits per heavy atom. The number of hydrogen-bond donors (Lipinski definition) is 0. The molecule has 1 fully saturated rings. The van der Waals surface area contributed by atoms with Crippen molar-refractivity contribution in [2.75, 3.05) is 13.1 Å². The van der Waals surface area contributed by atoms with Crippen LogP contribution < -0.4 is 0 Å². The van der Waals surface area contributed by atoms with Crippen LogP contribution in [0.5, 0.6) is 0 Å². The van der Waals surface area contributed by atoms with E-state index in [1.165, 1.54) is 0 Å². The van der Waals surface area contributed by atoms with Gasteiger partial charge in [-0.2, -0.15) is 0 Å². The van der Waals surface area contributed by atoms with Crippen molar-refractivity contribution in [3.8, 4) is 0 Å². The molecule has 0 spiro atoms. The number of benzene rings is 1. The van der Waals surface area contributed by atoms with Gasteiger partial charge in [-0.1, -0.05) is 37.3 Å². The Morgan fingerprint density at radius 2 is 1.79 bits per heavy atom. The van der Waals surface area contributed by atoms with E-state index in [1.54, 1.807) is 4.90 Å². The number of ether oxygens (including phenoxy) is 1. The van der Waals surface area contributed by atoms with Crippen LogP contribution >= 0.6 is 0 Å². The SMILES string of the molecule is CCC(C)N(Cc1ccccc1)C(=O)CC1CCN(C(=O)OC(C)(C)C)CC1. The van der Waals surface area contributed by atoms with Gasteiger partial charge in [-0.05, 0) is 58.4 Å². The number of likely N-dealkylation sites (tertiary alicyclic amines) is 1. The van der Waals surface area contributed by atoms with Gasteiger partial charge in [0.25, 0.3) is 0 Å². The predicted molar refractivity (Wildman–Crippen MR) is 112 cm³/mol. The van der Waals surface area contributed by atoms with Gasteiger partial charge in [-0.15, -0.1) is 0 Å². The Kier molecular flexibility index (Phi) is 7.90. The highest BCUT2D eigenvalue weighted by Crippen LogP contribution is 2.24. The van der Waals surface area contributed by atoms with Gasteiger partial charge in [0.15, 0.2) is 0 Å². The van der Waals surface area contributed by atoms with E-state index in [0.717, 1.165) is 24.8 Å². The summed E-state index contributed by atoms with van der Waals surface area (Å²) in [6, 6.07) is 10.4. The van der Waals surface area contributed by atoms with Crippen molar-refractivity contribution in [2.24, 2.45) is 5.92 Å². The van der Waals surface area contributed by atoms with Crippen LogP contribution in [0.2, 0.25) is 0 Å². The average Bonchev–Trinajstić information content (AvgIpc) is 2.65. The van der Waals surface area contributed by atoms with E-state index in [-0.39, 0.29) is 18.0 Å². The summed E-state index contributed by atoms with van der Waals surface area (Å²) in [6.45, 7) is 11.9. The van der Waals surface area contributed by atoms with Gasteiger partial charge in [0.2, 0.25) is 5.91 Å². The lowest BCUT2D eigenvalue weighted by Crippen LogP contribution is -2.43. The van der Waals surface area contributed by atoms with E-state index in [1.807, 2.05) is 43.9 Å². The van der Waals surface area contributed by atoms with Crippen LogP contribution in [0.3, 0.4) is 0 Å². The lowest BCUT2D eigenvalue weighted by Gasteiger charge is -2.35. The first-order chi connectivity index (χ1) is 13.2. The molecule has 156 valence electrons. The molecular formula is C23H36N2O3. The maximum Gasteiger partial charge on any atom is 0.410 e. The van der Waals surface area contributed by atoms with Gasteiger partial charge < -0.3 is 14.5 Å². The molecule has 1 aliphatic heterocycles. The Balaban J connectivity index is 1.89. The zero-order valence-corrected chi connectivity index (χ0v) is 18.1. The van der Waals surface area contributed by atoms with Crippen molar-refractivity contribution in [1.82, 2.24) is 9.80 Å². The van der Waals surface area contributed by atoms with Gasteiger partial charge in [0.1, 0.15) is 5.60 Å². The van der Waals surface area contributed by atoms with Crippen LogP contribution in [-0.4, -0.2) is 46.5 Å². The second kappa shape index (κ2) is 9.94. The lowest BCUT2D eigenvalue weighted by atomic mass is 9.92. The Labute approximate surface area is 170 Å². The fourth-order valence-electron chi connectivity index (χ4n) is 3.50. The monoisotopic (exact) mass is 388 g/mol. The molecule has 2 amide bonds. The molecule has 1 aliphatic rings. The van der Waals surface area contributed by atoms with Crippen molar-refractivity contribution in [3.63, 3.8) is 0 Å². The lowest BCUT2D eigenvalue weighted by molar-refractivity contribution is -0.135. The number of carbonyl (C=O) groups is 2. The smallest absolute Gasteiger partial charge is 0.410 e. The molecular weight excluding hydrogens is 352 g/mol. The molecule has 5 nitrogen and oxygen atoms in total. The quantitative estimate of drug-likeness (QED) is 0.700. The number of rotatable bonds is 6. The van der Waals surface area contributed by atoms with Gasteiger partial charge in [0.05, 0.1) is 0 Å². The van der Waals surface area contributed by atoms with E-state index < -0.39 is 5.60 Å². The molecule has 1 heterocycles. The first kappa shape index (κ1) is 22.3. The Hall–Kier alpha value is -2.04. The Bertz CT molecular complexity index is 631. The highest BCUT2D eigenvalue weighted by Gasteiger charge is 2.29. The van der Waals surface area contributed by atoms with Gasteiger partial charge in [0, 0.05) is 32.1 Å². The minimum atomic E-state index is -0.474. The van der Waals surface area contributed by atoms with Crippen LogP contribution in [0.15, 0.2) is 30.3 Å². The standard InChI is InChI=1S/C23H36N2O3/c1-6-18(2)25(17-20-10-8-7-9-11-20)21(26)16-19-12-14-24(15-13-19)22(27)28-23(3,4)5/h7-11,18-19H,6,12-17H2,1-5H3. The van der Waals surface area contributed by atoms with Crippen LogP contribution in [0.4, 0.5) is 4.79 Å². The van der Waals surface area contributed by atoms with Gasteiger partial charge in [-0.25, -0.2) is 4.79 Å². The summed E-state index contributed by atoms with van der Waals surface area (Å²) in [4.78, 5) is 29.0. The largest absolute Gasteiger partial charge is 0.444 e. The summed E-state index contributed by atoms with van der Waals surface area (Å²) >= 11 is 0. The van der Waals surface area contributed by atoms with Crippen molar-refractivity contribution < 1.29 is 14.3 Å². The van der Waals surface area contributed by atoms with Crippen molar-refractivity contribution in [1.29, 1.82) is 0 Å². The molecule has 0 radical (unpaired) electrons. The van der Waals surface area contributed by atoms with Crippen molar-refractivity contribution >= 4 is 12.0 Å². The molecule has 28 heavy (non-hydrogen) atoms. The first-order valence-electron chi connectivity index (χ1n) is 10.5. The second-order valence-corrected chi connectivity index (χ2v) is 8.88. The number of piperidine rings is 1. The molecule has 0 saturated carbocycles. The molecule has 1 saturated heterocycles. The van der Waals surface area contributed by atoms with Crippen LogP contribution in [0.1, 0.15) is 65.9 Å². The summed E-state index contributed by atoms with van der Waals surface area (Å²) < 4.78 is 5.46. The third-order valence-corrected chi connectivity index (χ3v) is 5.37. The van der Waals surface area contributed by atoms with Crippen molar-refractivity contribution in [3.05, 3.63) is 35.9 Å². The topological polar surface area (TPSA) is 49.9 Å². The Morgan fingerprint density at radius 3 is 2.32 bits per heavy atom. The molecule has 1 aromatic rings. The molecule has 0 aliphatic carbocycles. The minimum absolute atomic E-state index is 0.217. The summed E-state index contributed by atoms with van der Waals surface area (Å²) in [5, 5.41) is 0. The van der Waals surface area contributed by atoms with Crippen LogP contribution in [0.25, 0.3) is 0 Å². The molecule has 1 atom stereocenters. The normalized spacial score (nSPS) is 16.5. The number of hydrogen-bond acceptors (Lipinski definition) is 3. The number of amides is 2. The number of nitrogens with zero attached hydrogens (tertiary/aromatic N) is 2. The zero-order valence-electron chi connectivity index (χ0n) is 18.1. The predicted octanol–water partition coefficient (Wildman–Crippen LogP) is 4.85. The maximum absolute atomic E-state index is 13.0. The fraction of sp³-hybridized carbons (Fsp3) is 0.652. The highest BCUT2D eigenvalue weighted by molar-refractivity contribution is 5.77. The molecule has 0 aromatic heterocycles. The van der Waals surface area contributed by atoms with E-state index in [0.29, 0.717) is 32.0 Å². The summed E-state index contributed by atoms with van der Waals surface area (Å²) in [5.41, 5.74) is 0.689. The molecule has 2 rings (SSSR count). The molecule has 1 aromatic carbocycles. The second-order valence-electron chi connectivity index (χ2n) is 8.88. The van der Waals surface area contributed by atoms with Crippen LogP contribution in [0, 0.1) is 5.92 Å². The fourth-order valence-corrected chi connectivity index (χ4v) is 3.50. The van der Waals surface area contributed by atoms with Gasteiger partial charge >= 0.3 is 6.09 Å². The average molecular weight is 389 g/mol.